The summed E-state index contributed by atoms with van der Waals surface area (Å²) in [5.74, 6) is -3.10. The monoisotopic (exact) mass is 676 g/mol. The lowest BCUT2D eigenvalue weighted by atomic mass is 9.84. The number of likely N-dealkylation sites (tertiary alicyclic amines) is 1. The molecule has 1 aromatic carbocycles. The number of amides is 5. The van der Waals surface area contributed by atoms with Crippen LogP contribution in [0.2, 0.25) is 0 Å². The van der Waals surface area contributed by atoms with Crippen LogP contribution in [0.15, 0.2) is 35.2 Å². The Labute approximate surface area is 278 Å². The second kappa shape index (κ2) is 15.6. The highest BCUT2D eigenvalue weighted by Gasteiger charge is 2.48. The Bertz CT molecular complexity index is 1410. The van der Waals surface area contributed by atoms with Crippen molar-refractivity contribution in [3.63, 3.8) is 0 Å². The number of ketones is 1. The van der Waals surface area contributed by atoms with Crippen molar-refractivity contribution in [2.45, 2.75) is 103 Å². The largest absolute Gasteiger partial charge is 0.363 e. The van der Waals surface area contributed by atoms with Gasteiger partial charge in [-0.1, -0.05) is 79.5 Å². The van der Waals surface area contributed by atoms with E-state index in [4.69, 9.17) is 5.73 Å². The van der Waals surface area contributed by atoms with Crippen LogP contribution < -0.4 is 26.4 Å². The summed E-state index contributed by atoms with van der Waals surface area (Å²) in [7, 11) is -3.81. The number of benzene rings is 1. The van der Waals surface area contributed by atoms with Crippen molar-refractivity contribution in [2.75, 3.05) is 13.1 Å². The van der Waals surface area contributed by atoms with Crippen LogP contribution in [-0.2, 0) is 29.2 Å². The summed E-state index contributed by atoms with van der Waals surface area (Å²) in [6, 6.07) is 3.61. The van der Waals surface area contributed by atoms with E-state index >= 15 is 0 Å². The molecule has 1 saturated carbocycles. The molecule has 2 fully saturated rings. The quantitative estimate of drug-likeness (QED) is 0.175. The van der Waals surface area contributed by atoms with Crippen molar-refractivity contribution in [1.82, 2.24) is 25.6 Å². The molecule has 1 aliphatic heterocycles. The van der Waals surface area contributed by atoms with E-state index in [1.165, 1.54) is 17.0 Å². The van der Waals surface area contributed by atoms with Crippen molar-refractivity contribution in [1.29, 1.82) is 0 Å². The van der Waals surface area contributed by atoms with Gasteiger partial charge >= 0.3 is 6.03 Å². The molecule has 6 N–H and O–H groups in total. The first-order valence-corrected chi connectivity index (χ1v) is 17.9. The van der Waals surface area contributed by atoms with Crippen LogP contribution in [0.1, 0.15) is 74.1 Å². The van der Waals surface area contributed by atoms with Crippen LogP contribution in [0.3, 0.4) is 0 Å². The number of primary amides is 1. The van der Waals surface area contributed by atoms with Gasteiger partial charge < -0.3 is 26.6 Å². The van der Waals surface area contributed by atoms with Crippen LogP contribution in [0.25, 0.3) is 0 Å². The van der Waals surface area contributed by atoms with Crippen LogP contribution >= 0.6 is 0 Å². The predicted molar refractivity (Wildman–Crippen MR) is 177 cm³/mol. The molecule has 0 bridgehead atoms. The molecule has 1 saturated heterocycles. The lowest BCUT2D eigenvalue weighted by molar-refractivity contribution is -0.144. The van der Waals surface area contributed by atoms with Crippen LogP contribution in [-0.4, -0.2) is 80.1 Å². The van der Waals surface area contributed by atoms with Gasteiger partial charge in [0.1, 0.15) is 12.1 Å². The number of nitrogens with zero attached hydrogens (tertiary/aromatic N) is 1. The van der Waals surface area contributed by atoms with Gasteiger partial charge in [0, 0.05) is 19.1 Å². The second-order valence-corrected chi connectivity index (χ2v) is 16.3. The number of Topliss-reactive ketones (excluding diaryl/α,β-unsaturated/α-hetero) is 1. The number of nitrogens with two attached hydrogens (primary N) is 1. The molecular formula is C33H52N6O7S. The maximum Gasteiger partial charge on any atom is 0.315 e. The van der Waals surface area contributed by atoms with Gasteiger partial charge in [0.2, 0.25) is 27.6 Å². The van der Waals surface area contributed by atoms with Gasteiger partial charge in [-0.05, 0) is 54.1 Å². The summed E-state index contributed by atoms with van der Waals surface area (Å²) < 4.78 is 28.1. The van der Waals surface area contributed by atoms with Crippen molar-refractivity contribution >= 4 is 39.6 Å². The molecule has 0 aromatic heterocycles. The third-order valence-corrected chi connectivity index (χ3v) is 10.5. The Balaban J connectivity index is 1.77. The van der Waals surface area contributed by atoms with E-state index in [-0.39, 0.29) is 41.7 Å². The number of carbonyl (C=O) groups excluding carboxylic acids is 5. The summed E-state index contributed by atoms with van der Waals surface area (Å²) in [6.07, 6.45) is 2.65. The molecule has 0 radical (unpaired) electrons. The molecule has 1 aromatic rings. The summed E-state index contributed by atoms with van der Waals surface area (Å²) in [5.41, 5.74) is 4.51. The van der Waals surface area contributed by atoms with Gasteiger partial charge in [-0.3, -0.25) is 19.2 Å². The van der Waals surface area contributed by atoms with Gasteiger partial charge in [-0.2, -0.15) is 0 Å². The maximum atomic E-state index is 14.2. The second-order valence-electron chi connectivity index (χ2n) is 14.6. The van der Waals surface area contributed by atoms with E-state index in [9.17, 15) is 32.4 Å². The summed E-state index contributed by atoms with van der Waals surface area (Å²) >= 11 is 0. The lowest BCUT2D eigenvalue weighted by Gasteiger charge is -2.37. The molecule has 1 aliphatic carbocycles. The van der Waals surface area contributed by atoms with Crippen molar-refractivity contribution in [3.05, 3.63) is 30.3 Å². The van der Waals surface area contributed by atoms with E-state index in [1.807, 2.05) is 27.7 Å². The molecule has 2 aliphatic rings. The highest BCUT2D eigenvalue weighted by molar-refractivity contribution is 7.89. The number of hydrogen-bond donors (Lipinski definition) is 5. The first-order chi connectivity index (χ1) is 21.8. The minimum absolute atomic E-state index is 0.0214. The fourth-order valence-electron chi connectivity index (χ4n) is 5.94. The molecule has 3 rings (SSSR count). The normalized spacial score (nSPS) is 20.4. The van der Waals surface area contributed by atoms with E-state index < -0.39 is 69.1 Å². The van der Waals surface area contributed by atoms with Gasteiger partial charge in [0.25, 0.3) is 5.91 Å². The lowest BCUT2D eigenvalue weighted by Crippen LogP contribution is -2.62. The summed E-state index contributed by atoms with van der Waals surface area (Å²) in [6.45, 7) is 13.2. The maximum absolute atomic E-state index is 14.2. The highest BCUT2D eigenvalue weighted by atomic mass is 32.2. The predicted octanol–water partition coefficient (Wildman–Crippen LogP) is 1.92. The Kier molecular flexibility index (Phi) is 12.6. The third kappa shape index (κ3) is 10.2. The molecule has 1 heterocycles. The average molecular weight is 677 g/mol. The standard InChI is InChI=1S/C33H52N6O7S/c1-19(2)23-15-16-39(26(23)30(42)36-24(17-21-13-14-21)27(40)29(34)41)31(43)28(33(5,6)7)38-32(44)37-25(20(3)4)18-35-47(45,46)22-11-9-8-10-12-22/h8-12,19-21,23-26,28,35H,13-18H2,1-7H3,(H2,34,41)(H,36,42)(H2,37,38,44)/t23?,24?,25-,26+,28-/m1/s1. The minimum Gasteiger partial charge on any atom is -0.363 e. The number of nitrogens with one attached hydrogen (secondary N) is 4. The topological polar surface area (TPSA) is 197 Å². The summed E-state index contributed by atoms with van der Waals surface area (Å²) in [4.78, 5) is 67.3. The SMILES string of the molecule is CC(C)C1CCN(C(=O)[C@@H](NC(=O)N[C@H](CNS(=O)(=O)c2ccccc2)C(C)C)C(C)(C)C)[C@@H]1C(=O)NC(CC1CC1)C(=O)C(N)=O. The highest BCUT2D eigenvalue weighted by Crippen LogP contribution is 2.35. The van der Waals surface area contributed by atoms with E-state index in [2.05, 4.69) is 20.7 Å². The first-order valence-electron chi connectivity index (χ1n) is 16.4. The minimum atomic E-state index is -3.81. The third-order valence-electron chi connectivity index (χ3n) is 9.05. The Morgan fingerprint density at radius 2 is 1.55 bits per heavy atom. The number of rotatable bonds is 15. The molecule has 14 heteroatoms. The zero-order valence-corrected chi connectivity index (χ0v) is 29.4. The van der Waals surface area contributed by atoms with Crippen molar-refractivity contribution in [2.24, 2.45) is 34.8 Å². The molecule has 5 atom stereocenters. The zero-order valence-electron chi connectivity index (χ0n) is 28.5. The van der Waals surface area contributed by atoms with Crippen LogP contribution in [0, 0.1) is 29.1 Å². The molecule has 13 nitrogen and oxygen atoms in total. The first kappa shape index (κ1) is 37.9. The molecule has 0 spiro atoms. The van der Waals surface area contributed by atoms with Gasteiger partial charge in [0.05, 0.1) is 10.9 Å². The van der Waals surface area contributed by atoms with Crippen LogP contribution in [0.5, 0.6) is 0 Å². The summed E-state index contributed by atoms with van der Waals surface area (Å²) in [5, 5.41) is 8.35. The average Bonchev–Trinajstić information content (AvgIpc) is 3.69. The number of carbonyl (C=O) groups is 5. The fourth-order valence-corrected chi connectivity index (χ4v) is 7.02. The van der Waals surface area contributed by atoms with Gasteiger partial charge in [-0.15, -0.1) is 0 Å². The number of sulfonamides is 1. The van der Waals surface area contributed by atoms with E-state index in [0.29, 0.717) is 12.8 Å². The molecule has 5 amide bonds. The van der Waals surface area contributed by atoms with Crippen LogP contribution in [0.4, 0.5) is 4.79 Å². The molecule has 262 valence electrons. The molecule has 2 unspecified atom stereocenters. The molecule has 47 heavy (non-hydrogen) atoms. The number of hydrogen-bond acceptors (Lipinski definition) is 7. The van der Waals surface area contributed by atoms with Gasteiger partial charge in [-0.25, -0.2) is 17.9 Å². The molecular weight excluding hydrogens is 624 g/mol. The smallest absolute Gasteiger partial charge is 0.315 e. The van der Waals surface area contributed by atoms with Crippen molar-refractivity contribution < 1.29 is 32.4 Å². The Hall–Kier alpha value is -3.52. The van der Waals surface area contributed by atoms with E-state index in [1.54, 1.807) is 39.0 Å². The van der Waals surface area contributed by atoms with Crippen molar-refractivity contribution in [3.8, 4) is 0 Å². The zero-order chi connectivity index (χ0) is 35.3. The Morgan fingerprint density at radius 3 is 2.06 bits per heavy atom. The fraction of sp³-hybridized carbons (Fsp3) is 0.667. The van der Waals surface area contributed by atoms with E-state index in [0.717, 1.165) is 12.8 Å². The number of urea groups is 1. The Morgan fingerprint density at radius 1 is 0.936 bits per heavy atom. The van der Waals surface area contributed by atoms with Gasteiger partial charge in [0.15, 0.2) is 0 Å².